The van der Waals surface area contributed by atoms with E-state index in [-0.39, 0.29) is 0 Å². The van der Waals surface area contributed by atoms with Gasteiger partial charge < -0.3 is 10.0 Å². The number of azo groups is 1. The molecular formula is C20H23N3O. The summed E-state index contributed by atoms with van der Waals surface area (Å²) in [7, 11) is 0. The van der Waals surface area contributed by atoms with Crippen LogP contribution in [0.1, 0.15) is 13.8 Å². The molecule has 0 aliphatic heterocycles. The van der Waals surface area contributed by atoms with E-state index in [9.17, 15) is 5.11 Å². The van der Waals surface area contributed by atoms with Crippen LogP contribution in [0.3, 0.4) is 0 Å². The Morgan fingerprint density at radius 3 is 1.83 bits per heavy atom. The van der Waals surface area contributed by atoms with E-state index in [0.717, 1.165) is 46.9 Å². The summed E-state index contributed by atoms with van der Waals surface area (Å²) in [5.74, 6) is 0.309. The number of hydrogen-bond acceptors (Lipinski definition) is 4. The first kappa shape index (κ1) is 16.4. The number of nitrogens with zero attached hydrogens (tertiary/aromatic N) is 3. The zero-order chi connectivity index (χ0) is 16.9. The molecule has 0 aromatic heterocycles. The van der Waals surface area contributed by atoms with Crippen LogP contribution in [0.5, 0.6) is 5.75 Å². The second-order valence-electron chi connectivity index (χ2n) is 5.78. The molecule has 3 aromatic carbocycles. The van der Waals surface area contributed by atoms with Crippen LogP contribution < -0.4 is 0 Å². The van der Waals surface area contributed by atoms with Gasteiger partial charge in [0.1, 0.15) is 11.4 Å². The van der Waals surface area contributed by atoms with Crippen LogP contribution >= 0.6 is 0 Å². The molecule has 0 radical (unpaired) electrons. The average Bonchev–Trinajstić information content (AvgIpc) is 2.64. The molecule has 0 aliphatic rings. The van der Waals surface area contributed by atoms with E-state index in [1.165, 1.54) is 0 Å². The molecule has 0 fully saturated rings. The van der Waals surface area contributed by atoms with E-state index in [1.54, 1.807) is 0 Å². The molecule has 0 heterocycles. The number of rotatable bonds is 6. The van der Waals surface area contributed by atoms with Gasteiger partial charge in [0.05, 0.1) is 6.54 Å². The molecule has 0 saturated heterocycles. The van der Waals surface area contributed by atoms with Gasteiger partial charge in [-0.25, -0.2) is 0 Å². The summed E-state index contributed by atoms with van der Waals surface area (Å²) >= 11 is 0. The van der Waals surface area contributed by atoms with Crippen LogP contribution in [0.4, 0.5) is 5.69 Å². The molecular weight excluding hydrogens is 298 g/mol. The molecule has 4 heteroatoms. The van der Waals surface area contributed by atoms with Crippen molar-refractivity contribution in [1.82, 2.24) is 4.90 Å². The van der Waals surface area contributed by atoms with Gasteiger partial charge in [0.15, 0.2) is 0 Å². The number of phenolic OH excluding ortho intramolecular Hbond substituents is 1. The van der Waals surface area contributed by atoms with E-state index in [0.29, 0.717) is 12.3 Å². The minimum absolute atomic E-state index is 0.309. The molecule has 0 amide bonds. The van der Waals surface area contributed by atoms with E-state index in [4.69, 9.17) is 0 Å². The second kappa shape index (κ2) is 7.41. The predicted molar refractivity (Wildman–Crippen MR) is 100 cm³/mol. The van der Waals surface area contributed by atoms with Gasteiger partial charge in [-0.05, 0) is 13.1 Å². The molecule has 3 rings (SSSR count). The first-order valence-electron chi connectivity index (χ1n) is 8.48. The molecule has 0 saturated carbocycles. The molecule has 0 aliphatic carbocycles. The maximum atomic E-state index is 10.6. The van der Waals surface area contributed by atoms with Gasteiger partial charge in [0, 0.05) is 28.1 Å². The predicted octanol–water partition coefficient (Wildman–Crippen LogP) is 5.12. The zero-order valence-corrected chi connectivity index (χ0v) is 14.2. The summed E-state index contributed by atoms with van der Waals surface area (Å²) in [5.41, 5.74) is 0.832. The topological polar surface area (TPSA) is 48.2 Å². The van der Waals surface area contributed by atoms with Crippen molar-refractivity contribution in [3.8, 4) is 5.75 Å². The molecule has 124 valence electrons. The average molecular weight is 321 g/mol. The number of phenols is 1. The van der Waals surface area contributed by atoms with Crippen molar-refractivity contribution in [3.05, 3.63) is 48.5 Å². The fourth-order valence-corrected chi connectivity index (χ4v) is 3.04. The van der Waals surface area contributed by atoms with Crippen molar-refractivity contribution in [1.29, 1.82) is 0 Å². The maximum absolute atomic E-state index is 10.6. The van der Waals surface area contributed by atoms with Crippen molar-refractivity contribution in [2.75, 3.05) is 26.2 Å². The SMILES string of the molecule is CCN(CC)CCN=Nc1c2ccccc2c(O)c2ccccc12. The molecule has 4 nitrogen and oxygen atoms in total. The van der Waals surface area contributed by atoms with Gasteiger partial charge in [0.25, 0.3) is 0 Å². The lowest BCUT2D eigenvalue weighted by Crippen LogP contribution is -2.25. The van der Waals surface area contributed by atoms with Gasteiger partial charge in [0.2, 0.25) is 0 Å². The van der Waals surface area contributed by atoms with Crippen molar-refractivity contribution in [3.63, 3.8) is 0 Å². The molecule has 3 aromatic rings. The summed E-state index contributed by atoms with van der Waals surface area (Å²) in [6.07, 6.45) is 0. The summed E-state index contributed by atoms with van der Waals surface area (Å²) < 4.78 is 0. The Labute approximate surface area is 142 Å². The monoisotopic (exact) mass is 321 g/mol. The first-order valence-corrected chi connectivity index (χ1v) is 8.48. The summed E-state index contributed by atoms with van der Waals surface area (Å²) in [4.78, 5) is 2.33. The quantitative estimate of drug-likeness (QED) is 0.506. The summed E-state index contributed by atoms with van der Waals surface area (Å²) in [6.45, 7) is 7.94. The highest BCUT2D eigenvalue weighted by Gasteiger charge is 2.12. The normalized spacial score (nSPS) is 12.0. The van der Waals surface area contributed by atoms with E-state index < -0.39 is 0 Å². The summed E-state index contributed by atoms with van der Waals surface area (Å²) in [6, 6.07) is 15.6. The van der Waals surface area contributed by atoms with Gasteiger partial charge in [-0.3, -0.25) is 0 Å². The van der Waals surface area contributed by atoms with Crippen LogP contribution in [0, 0.1) is 0 Å². The Bertz CT molecular complexity index is 812. The van der Waals surface area contributed by atoms with Crippen molar-refractivity contribution >= 4 is 27.2 Å². The largest absolute Gasteiger partial charge is 0.507 e. The number of fused-ring (bicyclic) bond motifs is 2. The van der Waals surface area contributed by atoms with Gasteiger partial charge >= 0.3 is 0 Å². The van der Waals surface area contributed by atoms with Crippen LogP contribution in [0.2, 0.25) is 0 Å². The lowest BCUT2D eigenvalue weighted by molar-refractivity contribution is 0.311. The number of hydrogen-bond donors (Lipinski definition) is 1. The molecule has 24 heavy (non-hydrogen) atoms. The van der Waals surface area contributed by atoms with E-state index >= 15 is 0 Å². The lowest BCUT2D eigenvalue weighted by Gasteiger charge is -2.15. The first-order chi connectivity index (χ1) is 11.8. The third kappa shape index (κ3) is 3.10. The number of likely N-dealkylation sites (N-methyl/N-ethyl adjacent to an activating group) is 1. The molecule has 0 atom stereocenters. The Hall–Kier alpha value is -2.46. The molecule has 0 bridgehead atoms. The fourth-order valence-electron chi connectivity index (χ4n) is 3.04. The van der Waals surface area contributed by atoms with Gasteiger partial charge in [-0.15, -0.1) is 0 Å². The Kier molecular flexibility index (Phi) is 5.06. The minimum atomic E-state index is 0.309. The lowest BCUT2D eigenvalue weighted by atomic mass is 10.00. The van der Waals surface area contributed by atoms with Crippen LogP contribution in [-0.4, -0.2) is 36.2 Å². The standard InChI is InChI=1S/C20H23N3O/c1-3-23(4-2)14-13-21-22-19-15-9-5-7-11-17(15)20(24)18-12-8-6-10-16(18)19/h5-12,24H,3-4,13-14H2,1-2H3. The highest BCUT2D eigenvalue weighted by molar-refractivity contribution is 6.14. The van der Waals surface area contributed by atoms with Crippen molar-refractivity contribution in [2.45, 2.75) is 13.8 Å². The maximum Gasteiger partial charge on any atom is 0.131 e. The third-order valence-electron chi connectivity index (χ3n) is 4.46. The van der Waals surface area contributed by atoms with Crippen molar-refractivity contribution in [2.24, 2.45) is 10.2 Å². The summed E-state index contributed by atoms with van der Waals surface area (Å²) in [5, 5.41) is 23.0. The smallest absolute Gasteiger partial charge is 0.131 e. The zero-order valence-electron chi connectivity index (χ0n) is 14.2. The van der Waals surface area contributed by atoms with Gasteiger partial charge in [-0.2, -0.15) is 10.2 Å². The van der Waals surface area contributed by atoms with E-state index in [1.807, 2.05) is 48.5 Å². The second-order valence-corrected chi connectivity index (χ2v) is 5.78. The highest BCUT2D eigenvalue weighted by atomic mass is 16.3. The molecule has 0 spiro atoms. The van der Waals surface area contributed by atoms with E-state index in [2.05, 4.69) is 29.0 Å². The Morgan fingerprint density at radius 1 is 0.833 bits per heavy atom. The molecule has 1 N–H and O–H groups in total. The third-order valence-corrected chi connectivity index (χ3v) is 4.46. The van der Waals surface area contributed by atoms with Gasteiger partial charge in [-0.1, -0.05) is 62.4 Å². The fraction of sp³-hybridized carbons (Fsp3) is 0.300. The van der Waals surface area contributed by atoms with Crippen molar-refractivity contribution < 1.29 is 5.11 Å². The van der Waals surface area contributed by atoms with Crippen LogP contribution in [0.25, 0.3) is 21.5 Å². The van der Waals surface area contributed by atoms with Crippen LogP contribution in [-0.2, 0) is 0 Å². The Balaban J connectivity index is 2.03. The highest BCUT2D eigenvalue weighted by Crippen LogP contribution is 2.41. The van der Waals surface area contributed by atoms with Crippen LogP contribution in [0.15, 0.2) is 58.8 Å². The number of aromatic hydroxyl groups is 1. The Morgan fingerprint density at radius 2 is 1.33 bits per heavy atom. The minimum Gasteiger partial charge on any atom is -0.507 e. The number of benzene rings is 3. The molecule has 0 unspecified atom stereocenters.